The van der Waals surface area contributed by atoms with Gasteiger partial charge in [0, 0.05) is 12.1 Å². The summed E-state index contributed by atoms with van der Waals surface area (Å²) in [4.78, 5) is 14.4. The van der Waals surface area contributed by atoms with Gasteiger partial charge in [-0.05, 0) is 52.2 Å². The molecular weight excluding hydrogens is 262 g/mol. The molecule has 0 bridgehead atoms. The van der Waals surface area contributed by atoms with Crippen LogP contribution < -0.4 is 0 Å². The molecule has 3 nitrogen and oxygen atoms in total. The van der Waals surface area contributed by atoms with Crippen molar-refractivity contribution in [2.75, 3.05) is 6.54 Å². The van der Waals surface area contributed by atoms with E-state index < -0.39 is 5.60 Å². The zero-order valence-electron chi connectivity index (χ0n) is 13.4. The second-order valence-corrected chi connectivity index (χ2v) is 6.55. The molecule has 1 saturated heterocycles. The van der Waals surface area contributed by atoms with E-state index in [2.05, 4.69) is 0 Å². The van der Waals surface area contributed by atoms with E-state index >= 15 is 0 Å². The van der Waals surface area contributed by atoms with Crippen molar-refractivity contribution in [2.24, 2.45) is 0 Å². The number of carbonyl (C=O) groups is 1. The number of aryl methyl sites for hydroxylation is 1. The summed E-state index contributed by atoms with van der Waals surface area (Å²) in [5.41, 5.74) is 2.11. The van der Waals surface area contributed by atoms with Crippen LogP contribution in [-0.2, 0) is 4.79 Å². The van der Waals surface area contributed by atoms with Crippen molar-refractivity contribution in [1.29, 1.82) is 0 Å². The van der Waals surface area contributed by atoms with Crippen molar-refractivity contribution >= 4 is 12.0 Å². The van der Waals surface area contributed by atoms with E-state index in [9.17, 15) is 9.90 Å². The number of hydrogen-bond donors (Lipinski definition) is 1. The SMILES string of the molecule is C/C(=C/c1ccc(C)cc1)C(=O)N1CCCC1C(C)(C)O. The van der Waals surface area contributed by atoms with E-state index in [1.165, 1.54) is 5.56 Å². The lowest BCUT2D eigenvalue weighted by atomic mass is 9.96. The van der Waals surface area contributed by atoms with Crippen molar-refractivity contribution in [3.05, 3.63) is 41.0 Å². The maximum Gasteiger partial charge on any atom is 0.249 e. The Bertz CT molecular complexity index is 537. The van der Waals surface area contributed by atoms with Crippen LogP contribution in [0.15, 0.2) is 29.8 Å². The molecule has 1 fully saturated rings. The quantitative estimate of drug-likeness (QED) is 0.868. The molecule has 114 valence electrons. The first-order chi connectivity index (χ1) is 9.79. The van der Waals surface area contributed by atoms with Crippen LogP contribution in [0.4, 0.5) is 0 Å². The van der Waals surface area contributed by atoms with Crippen molar-refractivity contribution < 1.29 is 9.90 Å². The number of benzene rings is 1. The Hall–Kier alpha value is -1.61. The molecule has 1 aromatic carbocycles. The summed E-state index contributed by atoms with van der Waals surface area (Å²) in [6.45, 7) is 8.18. The van der Waals surface area contributed by atoms with Crippen molar-refractivity contribution in [1.82, 2.24) is 4.90 Å². The lowest BCUT2D eigenvalue weighted by Gasteiger charge is -2.34. The highest BCUT2D eigenvalue weighted by atomic mass is 16.3. The van der Waals surface area contributed by atoms with Gasteiger partial charge in [-0.25, -0.2) is 0 Å². The smallest absolute Gasteiger partial charge is 0.249 e. The number of hydrogen-bond acceptors (Lipinski definition) is 2. The molecule has 0 spiro atoms. The first-order valence-corrected chi connectivity index (χ1v) is 7.57. The number of amides is 1. The molecule has 0 aromatic heterocycles. The van der Waals surface area contributed by atoms with Gasteiger partial charge in [0.05, 0.1) is 11.6 Å². The van der Waals surface area contributed by atoms with Crippen molar-refractivity contribution in [2.45, 2.75) is 52.2 Å². The van der Waals surface area contributed by atoms with E-state index in [1.807, 2.05) is 49.1 Å². The Morgan fingerprint density at radius 2 is 1.95 bits per heavy atom. The van der Waals surface area contributed by atoms with Crippen LogP contribution in [0.2, 0.25) is 0 Å². The van der Waals surface area contributed by atoms with Crippen molar-refractivity contribution in [3.63, 3.8) is 0 Å². The minimum absolute atomic E-state index is 0.0280. The molecule has 1 N–H and O–H groups in total. The normalized spacial score (nSPS) is 20.0. The lowest BCUT2D eigenvalue weighted by Crippen LogP contribution is -2.48. The molecule has 1 heterocycles. The van der Waals surface area contributed by atoms with Crippen molar-refractivity contribution in [3.8, 4) is 0 Å². The van der Waals surface area contributed by atoms with E-state index in [0.717, 1.165) is 30.5 Å². The third-order valence-corrected chi connectivity index (χ3v) is 4.13. The average molecular weight is 287 g/mol. The van der Waals surface area contributed by atoms with Crippen LogP contribution in [0, 0.1) is 6.92 Å². The number of carbonyl (C=O) groups excluding carboxylic acids is 1. The zero-order chi connectivity index (χ0) is 15.6. The second kappa shape index (κ2) is 6.02. The molecular formula is C18H25NO2. The standard InChI is InChI=1S/C18H25NO2/c1-13-7-9-15(10-8-13)12-14(2)17(20)19-11-5-6-16(19)18(3,4)21/h7-10,12,16,21H,5-6,11H2,1-4H3/b14-12-. The molecule has 1 aromatic rings. The molecule has 1 amide bonds. The maximum absolute atomic E-state index is 12.6. The molecule has 0 radical (unpaired) electrons. The summed E-state index contributed by atoms with van der Waals surface area (Å²) in [6.07, 6.45) is 3.74. The molecule has 0 saturated carbocycles. The molecule has 0 aliphatic carbocycles. The highest BCUT2D eigenvalue weighted by molar-refractivity contribution is 5.97. The molecule has 1 unspecified atom stereocenters. The Balaban J connectivity index is 2.17. The Morgan fingerprint density at radius 3 is 2.52 bits per heavy atom. The molecule has 1 aliphatic heterocycles. The van der Waals surface area contributed by atoms with Gasteiger partial charge in [0.2, 0.25) is 5.91 Å². The lowest BCUT2D eigenvalue weighted by molar-refractivity contribution is -0.132. The third kappa shape index (κ3) is 3.73. The van der Waals surface area contributed by atoms with Gasteiger partial charge in [0.25, 0.3) is 0 Å². The topological polar surface area (TPSA) is 40.5 Å². The van der Waals surface area contributed by atoms with Crippen LogP contribution in [-0.4, -0.2) is 34.1 Å². The third-order valence-electron chi connectivity index (χ3n) is 4.13. The van der Waals surface area contributed by atoms with Gasteiger partial charge in [-0.2, -0.15) is 0 Å². The van der Waals surface area contributed by atoms with Gasteiger partial charge in [-0.15, -0.1) is 0 Å². The summed E-state index contributed by atoms with van der Waals surface area (Å²) in [7, 11) is 0. The fraction of sp³-hybridized carbons (Fsp3) is 0.500. The van der Waals surface area contributed by atoms with E-state index in [1.54, 1.807) is 13.8 Å². The summed E-state index contributed by atoms with van der Waals surface area (Å²) in [5.74, 6) is 0.0280. The molecule has 3 heteroatoms. The zero-order valence-corrected chi connectivity index (χ0v) is 13.4. The minimum atomic E-state index is -0.851. The first kappa shape index (κ1) is 15.8. The highest BCUT2D eigenvalue weighted by Gasteiger charge is 2.38. The monoisotopic (exact) mass is 287 g/mol. The maximum atomic E-state index is 12.6. The fourth-order valence-electron chi connectivity index (χ4n) is 2.95. The highest BCUT2D eigenvalue weighted by Crippen LogP contribution is 2.28. The molecule has 2 rings (SSSR count). The predicted octanol–water partition coefficient (Wildman–Crippen LogP) is 3.16. The van der Waals surface area contributed by atoms with Crippen LogP contribution >= 0.6 is 0 Å². The van der Waals surface area contributed by atoms with Gasteiger partial charge in [-0.3, -0.25) is 4.79 Å². The summed E-state index contributed by atoms with van der Waals surface area (Å²) >= 11 is 0. The van der Waals surface area contributed by atoms with Crippen LogP contribution in [0.3, 0.4) is 0 Å². The number of aliphatic hydroxyl groups is 1. The Labute approximate surface area is 127 Å². The van der Waals surface area contributed by atoms with Gasteiger partial charge < -0.3 is 10.0 Å². The predicted molar refractivity (Wildman–Crippen MR) is 85.9 cm³/mol. The van der Waals surface area contributed by atoms with E-state index in [4.69, 9.17) is 0 Å². The fourth-order valence-corrected chi connectivity index (χ4v) is 2.95. The summed E-state index contributed by atoms with van der Waals surface area (Å²) in [6, 6.07) is 8.03. The largest absolute Gasteiger partial charge is 0.388 e. The molecule has 1 atom stereocenters. The first-order valence-electron chi connectivity index (χ1n) is 7.57. The molecule has 1 aliphatic rings. The van der Waals surface area contributed by atoms with E-state index in [0.29, 0.717) is 0 Å². The molecule has 21 heavy (non-hydrogen) atoms. The number of nitrogens with zero attached hydrogens (tertiary/aromatic N) is 1. The van der Waals surface area contributed by atoms with Gasteiger partial charge in [-0.1, -0.05) is 29.8 Å². The summed E-state index contributed by atoms with van der Waals surface area (Å²) < 4.78 is 0. The van der Waals surface area contributed by atoms with Gasteiger partial charge in [0.1, 0.15) is 0 Å². The van der Waals surface area contributed by atoms with Gasteiger partial charge in [0.15, 0.2) is 0 Å². The summed E-state index contributed by atoms with van der Waals surface area (Å²) in [5, 5.41) is 10.2. The van der Waals surface area contributed by atoms with E-state index in [-0.39, 0.29) is 11.9 Å². The minimum Gasteiger partial charge on any atom is -0.388 e. The number of rotatable bonds is 3. The number of likely N-dealkylation sites (tertiary alicyclic amines) is 1. The Morgan fingerprint density at radius 1 is 1.33 bits per heavy atom. The average Bonchev–Trinajstić information content (AvgIpc) is 2.89. The Kier molecular flexibility index (Phi) is 4.52. The van der Waals surface area contributed by atoms with Crippen LogP contribution in [0.25, 0.3) is 6.08 Å². The van der Waals surface area contributed by atoms with Gasteiger partial charge >= 0.3 is 0 Å². The van der Waals surface area contributed by atoms with Crippen LogP contribution in [0.1, 0.15) is 44.7 Å². The second-order valence-electron chi connectivity index (χ2n) is 6.55. The van der Waals surface area contributed by atoms with Crippen LogP contribution in [0.5, 0.6) is 0 Å².